The normalized spacial score (nSPS) is 14.2. The molecule has 0 amide bonds. The molecule has 1 aromatic rings. The van der Waals surface area contributed by atoms with E-state index in [1.165, 1.54) is 6.92 Å². The molecule has 8 heteroatoms. The third kappa shape index (κ3) is 5.09. The molecule has 0 radical (unpaired) electrons. The van der Waals surface area contributed by atoms with Crippen molar-refractivity contribution in [1.82, 2.24) is 0 Å². The fraction of sp³-hybridized carbons (Fsp3) is 0.357. The summed E-state index contributed by atoms with van der Waals surface area (Å²) >= 11 is 0. The van der Waals surface area contributed by atoms with Gasteiger partial charge < -0.3 is 4.74 Å². The van der Waals surface area contributed by atoms with Gasteiger partial charge in [0.15, 0.2) is 0 Å². The van der Waals surface area contributed by atoms with Crippen molar-refractivity contribution in [2.75, 3.05) is 0 Å². The third-order valence-electron chi connectivity index (χ3n) is 2.58. The number of halogens is 6. The molecule has 2 nitrogen and oxygen atoms in total. The predicted octanol–water partition coefficient (Wildman–Crippen LogP) is 4.69. The quantitative estimate of drug-likeness (QED) is 0.595. The number of rotatable bonds is 3. The number of esters is 1. The van der Waals surface area contributed by atoms with Crippen molar-refractivity contribution in [3.05, 3.63) is 41.0 Å². The van der Waals surface area contributed by atoms with E-state index in [4.69, 9.17) is 0 Å². The number of benzene rings is 1. The van der Waals surface area contributed by atoms with Crippen LogP contribution in [0, 0.1) is 0 Å². The second kappa shape index (κ2) is 6.41. The first-order chi connectivity index (χ1) is 9.91. The highest BCUT2D eigenvalue weighted by molar-refractivity contribution is 5.66. The molecule has 0 aliphatic heterocycles. The Hall–Kier alpha value is -1.99. The number of hydrogen-bond acceptors (Lipinski definition) is 2. The Morgan fingerprint density at radius 3 is 2.18 bits per heavy atom. The van der Waals surface area contributed by atoms with Gasteiger partial charge in [-0.25, -0.2) is 0 Å². The first kappa shape index (κ1) is 18.1. The summed E-state index contributed by atoms with van der Waals surface area (Å²) in [5.74, 6) is -0.624. The summed E-state index contributed by atoms with van der Waals surface area (Å²) in [7, 11) is 0. The topological polar surface area (TPSA) is 26.3 Å². The van der Waals surface area contributed by atoms with Crippen molar-refractivity contribution < 1.29 is 35.9 Å². The molecule has 122 valence electrons. The van der Waals surface area contributed by atoms with Crippen LogP contribution in [0.25, 0.3) is 6.08 Å². The number of ether oxygens (including phenoxy) is 1. The molecule has 1 unspecified atom stereocenters. The SMILES string of the molecule is CC(=O)OC(C)/C=C/c1ccc(C(F)(F)F)cc1C(F)(F)F. The summed E-state index contributed by atoms with van der Waals surface area (Å²) in [5, 5.41) is 0. The van der Waals surface area contributed by atoms with Gasteiger partial charge in [-0.2, -0.15) is 26.3 Å². The van der Waals surface area contributed by atoms with Gasteiger partial charge in [0.1, 0.15) is 6.10 Å². The molecule has 0 saturated heterocycles. The van der Waals surface area contributed by atoms with Crippen molar-refractivity contribution in [2.45, 2.75) is 32.3 Å². The van der Waals surface area contributed by atoms with Gasteiger partial charge in [0.05, 0.1) is 11.1 Å². The molecule has 0 N–H and O–H groups in total. The van der Waals surface area contributed by atoms with Crippen molar-refractivity contribution in [3.63, 3.8) is 0 Å². The Morgan fingerprint density at radius 1 is 1.14 bits per heavy atom. The zero-order valence-corrected chi connectivity index (χ0v) is 11.5. The second-order valence-corrected chi connectivity index (χ2v) is 4.47. The van der Waals surface area contributed by atoms with Crippen LogP contribution in [0.3, 0.4) is 0 Å². The molecule has 0 aliphatic rings. The maximum absolute atomic E-state index is 12.9. The first-order valence-electron chi connectivity index (χ1n) is 6.05. The average Bonchev–Trinajstić information content (AvgIpc) is 2.33. The third-order valence-corrected chi connectivity index (χ3v) is 2.58. The van der Waals surface area contributed by atoms with E-state index in [1.54, 1.807) is 0 Å². The summed E-state index contributed by atoms with van der Waals surface area (Å²) in [6.07, 6.45) is -8.49. The van der Waals surface area contributed by atoms with Crippen molar-refractivity contribution in [2.24, 2.45) is 0 Å². The second-order valence-electron chi connectivity index (χ2n) is 4.47. The largest absolute Gasteiger partial charge is 0.459 e. The minimum absolute atomic E-state index is 0.0518. The molecule has 0 spiro atoms. The van der Waals surface area contributed by atoms with Crippen molar-refractivity contribution in [1.29, 1.82) is 0 Å². The lowest BCUT2D eigenvalue weighted by Gasteiger charge is -2.14. The molecule has 1 atom stereocenters. The van der Waals surface area contributed by atoms with Gasteiger partial charge in [-0.3, -0.25) is 4.79 Å². The summed E-state index contributed by atoms with van der Waals surface area (Å²) < 4.78 is 80.8. The Kier molecular flexibility index (Phi) is 5.26. The zero-order chi connectivity index (χ0) is 17.1. The van der Waals surface area contributed by atoms with E-state index in [-0.39, 0.29) is 6.07 Å². The fourth-order valence-corrected chi connectivity index (χ4v) is 1.66. The van der Waals surface area contributed by atoms with E-state index in [9.17, 15) is 31.1 Å². The van der Waals surface area contributed by atoms with Gasteiger partial charge in [0.2, 0.25) is 0 Å². The van der Waals surface area contributed by atoms with Crippen LogP contribution in [-0.4, -0.2) is 12.1 Å². The van der Waals surface area contributed by atoms with Crippen LogP contribution in [0.1, 0.15) is 30.5 Å². The van der Waals surface area contributed by atoms with Gasteiger partial charge >= 0.3 is 18.3 Å². The van der Waals surface area contributed by atoms with Crippen LogP contribution >= 0.6 is 0 Å². The van der Waals surface area contributed by atoms with Gasteiger partial charge in [-0.1, -0.05) is 12.1 Å². The van der Waals surface area contributed by atoms with Gasteiger partial charge in [-0.05, 0) is 30.7 Å². The predicted molar refractivity (Wildman–Crippen MR) is 66.7 cm³/mol. The van der Waals surface area contributed by atoms with Crippen LogP contribution in [0.2, 0.25) is 0 Å². The van der Waals surface area contributed by atoms with Gasteiger partial charge in [0, 0.05) is 6.92 Å². The maximum Gasteiger partial charge on any atom is 0.417 e. The average molecular weight is 326 g/mol. The summed E-state index contributed by atoms with van der Waals surface area (Å²) in [6.45, 7) is 2.54. The lowest BCUT2D eigenvalue weighted by Crippen LogP contribution is -2.12. The number of hydrogen-bond donors (Lipinski definition) is 0. The maximum atomic E-state index is 12.9. The molecule has 0 aromatic heterocycles. The van der Waals surface area contributed by atoms with Crippen LogP contribution in [0.4, 0.5) is 26.3 Å². The molecule has 22 heavy (non-hydrogen) atoms. The van der Waals surface area contributed by atoms with Gasteiger partial charge in [0.25, 0.3) is 0 Å². The zero-order valence-electron chi connectivity index (χ0n) is 11.5. The first-order valence-corrected chi connectivity index (χ1v) is 6.05. The molecular formula is C14H12F6O2. The fourth-order valence-electron chi connectivity index (χ4n) is 1.66. The smallest absolute Gasteiger partial charge is 0.417 e. The number of alkyl halides is 6. The minimum Gasteiger partial charge on any atom is -0.459 e. The summed E-state index contributed by atoms with van der Waals surface area (Å²) in [6, 6.07) is 1.34. The number of carbonyl (C=O) groups is 1. The molecule has 0 aliphatic carbocycles. The van der Waals surface area contributed by atoms with Crippen molar-refractivity contribution >= 4 is 12.0 Å². The van der Waals surface area contributed by atoms with Crippen molar-refractivity contribution in [3.8, 4) is 0 Å². The van der Waals surface area contributed by atoms with E-state index in [0.29, 0.717) is 6.07 Å². The molecule has 0 saturated carbocycles. The highest BCUT2D eigenvalue weighted by atomic mass is 19.4. The highest BCUT2D eigenvalue weighted by Gasteiger charge is 2.37. The van der Waals surface area contributed by atoms with E-state index in [2.05, 4.69) is 4.74 Å². The molecule has 1 aromatic carbocycles. The minimum atomic E-state index is -4.94. The van der Waals surface area contributed by atoms with E-state index >= 15 is 0 Å². The Morgan fingerprint density at radius 2 is 1.73 bits per heavy atom. The Labute approximate surface area is 122 Å². The van der Waals surface area contributed by atoms with E-state index in [0.717, 1.165) is 25.1 Å². The van der Waals surface area contributed by atoms with Crippen LogP contribution in [0.15, 0.2) is 24.3 Å². The van der Waals surface area contributed by atoms with Crippen LogP contribution in [-0.2, 0) is 21.9 Å². The molecular weight excluding hydrogens is 314 g/mol. The summed E-state index contributed by atoms with van der Waals surface area (Å²) in [5.41, 5.74) is -3.24. The van der Waals surface area contributed by atoms with E-state index in [1.807, 2.05) is 0 Å². The monoisotopic (exact) mass is 326 g/mol. The highest BCUT2D eigenvalue weighted by Crippen LogP contribution is 2.37. The lowest BCUT2D eigenvalue weighted by atomic mass is 10.0. The van der Waals surface area contributed by atoms with Crippen LogP contribution < -0.4 is 0 Å². The molecule has 0 fully saturated rings. The Balaban J connectivity index is 3.20. The molecule has 1 rings (SSSR count). The van der Waals surface area contributed by atoms with E-state index < -0.39 is 41.1 Å². The number of carbonyl (C=O) groups excluding carboxylic acids is 1. The lowest BCUT2D eigenvalue weighted by molar-refractivity contribution is -0.144. The summed E-state index contributed by atoms with van der Waals surface area (Å²) in [4.78, 5) is 10.7. The van der Waals surface area contributed by atoms with Gasteiger partial charge in [-0.15, -0.1) is 0 Å². The molecule has 0 bridgehead atoms. The molecule has 0 heterocycles. The standard InChI is InChI=1S/C14H12F6O2/c1-8(22-9(2)21)3-4-10-5-6-11(13(15,16)17)7-12(10)14(18,19)20/h3-8H,1-2H3/b4-3+. The van der Waals surface area contributed by atoms with Crippen LogP contribution in [0.5, 0.6) is 0 Å². The Bertz CT molecular complexity index is 572.